The summed E-state index contributed by atoms with van der Waals surface area (Å²) in [5.41, 5.74) is 4.01. The summed E-state index contributed by atoms with van der Waals surface area (Å²) in [6, 6.07) is 8.54. The summed E-state index contributed by atoms with van der Waals surface area (Å²) in [6.07, 6.45) is 8.65. The van der Waals surface area contributed by atoms with Gasteiger partial charge in [-0.1, -0.05) is 67.6 Å². The number of aldehydes is 1. The van der Waals surface area contributed by atoms with Crippen LogP contribution in [0.15, 0.2) is 24.3 Å². The Morgan fingerprint density at radius 3 is 2.48 bits per heavy atom. The number of aromatic nitrogens is 3. The highest BCUT2D eigenvalue weighted by Gasteiger charge is 2.12. The van der Waals surface area contributed by atoms with E-state index in [4.69, 9.17) is 0 Å². The fraction of sp³-hybridized carbons (Fsp3) is 0.526. The molecule has 23 heavy (non-hydrogen) atoms. The smallest absolute Gasteiger partial charge is 0.172 e. The summed E-state index contributed by atoms with van der Waals surface area (Å²) >= 11 is 0. The molecule has 124 valence electrons. The van der Waals surface area contributed by atoms with Gasteiger partial charge in [0.2, 0.25) is 0 Å². The molecule has 0 N–H and O–H groups in total. The molecule has 0 amide bonds. The van der Waals surface area contributed by atoms with Gasteiger partial charge in [0, 0.05) is 6.54 Å². The molecule has 0 unspecified atom stereocenters. The highest BCUT2D eigenvalue weighted by molar-refractivity contribution is 5.73. The summed E-state index contributed by atoms with van der Waals surface area (Å²) in [7, 11) is 0. The Labute approximate surface area is 138 Å². The zero-order valence-electron chi connectivity index (χ0n) is 14.3. The van der Waals surface area contributed by atoms with Crippen LogP contribution in [0.5, 0.6) is 0 Å². The van der Waals surface area contributed by atoms with Crippen LogP contribution in [0.3, 0.4) is 0 Å². The normalized spacial score (nSPS) is 10.9. The molecule has 0 aliphatic rings. The van der Waals surface area contributed by atoms with Crippen LogP contribution in [-0.4, -0.2) is 21.3 Å². The van der Waals surface area contributed by atoms with E-state index in [-0.39, 0.29) is 0 Å². The quantitative estimate of drug-likeness (QED) is 0.489. The predicted octanol–water partition coefficient (Wildman–Crippen LogP) is 4.15. The molecule has 0 saturated carbocycles. The fourth-order valence-electron chi connectivity index (χ4n) is 2.76. The molecule has 0 aliphatic carbocycles. The largest absolute Gasteiger partial charge is 0.296 e. The van der Waals surface area contributed by atoms with Crippen LogP contribution in [0, 0.1) is 6.92 Å². The first-order valence-corrected chi connectivity index (χ1v) is 8.67. The van der Waals surface area contributed by atoms with E-state index in [0.717, 1.165) is 37.8 Å². The number of nitrogens with zero attached hydrogens (tertiary/aromatic N) is 3. The lowest BCUT2D eigenvalue weighted by atomic mass is 10.1. The number of hydrogen-bond donors (Lipinski definition) is 0. The molecule has 0 saturated heterocycles. The van der Waals surface area contributed by atoms with Crippen LogP contribution in [0.25, 0.3) is 0 Å². The lowest BCUT2D eigenvalue weighted by Crippen LogP contribution is -2.08. The molecule has 0 radical (unpaired) electrons. The van der Waals surface area contributed by atoms with Crippen molar-refractivity contribution in [2.75, 3.05) is 0 Å². The third kappa shape index (κ3) is 5.31. The van der Waals surface area contributed by atoms with Crippen molar-refractivity contribution in [3.8, 4) is 0 Å². The summed E-state index contributed by atoms with van der Waals surface area (Å²) in [4.78, 5) is 11.2. The average Bonchev–Trinajstić information content (AvgIpc) is 2.96. The minimum Gasteiger partial charge on any atom is -0.296 e. The molecule has 4 heteroatoms. The van der Waals surface area contributed by atoms with Crippen LogP contribution in [-0.2, 0) is 19.4 Å². The SMILES string of the molecule is CCCCCCCn1nnc(C=O)c1CCc1ccc(C)cc1. The van der Waals surface area contributed by atoms with Gasteiger partial charge in [0.1, 0.15) is 5.69 Å². The Bertz CT molecular complexity index is 602. The van der Waals surface area contributed by atoms with Gasteiger partial charge in [0.05, 0.1) is 5.69 Å². The van der Waals surface area contributed by atoms with Gasteiger partial charge in [-0.25, -0.2) is 4.68 Å². The first-order valence-electron chi connectivity index (χ1n) is 8.67. The van der Waals surface area contributed by atoms with E-state index in [1.165, 1.54) is 36.8 Å². The van der Waals surface area contributed by atoms with Gasteiger partial charge in [-0.3, -0.25) is 4.79 Å². The maximum Gasteiger partial charge on any atom is 0.172 e. The molecular weight excluding hydrogens is 286 g/mol. The molecule has 0 spiro atoms. The number of hydrogen-bond acceptors (Lipinski definition) is 3. The van der Waals surface area contributed by atoms with Crippen molar-refractivity contribution in [2.24, 2.45) is 0 Å². The second-order valence-electron chi connectivity index (χ2n) is 6.16. The number of aryl methyl sites for hydroxylation is 3. The number of carbonyl (C=O) groups excluding carboxylic acids is 1. The molecule has 4 nitrogen and oxygen atoms in total. The molecule has 0 atom stereocenters. The fourth-order valence-corrected chi connectivity index (χ4v) is 2.76. The summed E-state index contributed by atoms with van der Waals surface area (Å²) in [5, 5.41) is 8.19. The van der Waals surface area contributed by atoms with E-state index in [9.17, 15) is 4.79 Å². The van der Waals surface area contributed by atoms with Crippen molar-refractivity contribution >= 4 is 6.29 Å². The van der Waals surface area contributed by atoms with Gasteiger partial charge >= 0.3 is 0 Å². The average molecular weight is 313 g/mol. The maximum absolute atomic E-state index is 11.2. The lowest BCUT2D eigenvalue weighted by molar-refractivity contribution is 0.111. The molecule has 0 bridgehead atoms. The maximum atomic E-state index is 11.2. The third-order valence-corrected chi connectivity index (χ3v) is 4.22. The second kappa shape index (κ2) is 9.23. The van der Waals surface area contributed by atoms with Crippen LogP contribution >= 0.6 is 0 Å². The van der Waals surface area contributed by atoms with E-state index >= 15 is 0 Å². The first-order chi connectivity index (χ1) is 11.2. The van der Waals surface area contributed by atoms with E-state index < -0.39 is 0 Å². The van der Waals surface area contributed by atoms with Crippen molar-refractivity contribution in [3.63, 3.8) is 0 Å². The zero-order valence-corrected chi connectivity index (χ0v) is 14.3. The van der Waals surface area contributed by atoms with Gasteiger partial charge in [0.25, 0.3) is 0 Å². The number of benzene rings is 1. The minimum absolute atomic E-state index is 0.491. The van der Waals surface area contributed by atoms with Crippen molar-refractivity contribution in [2.45, 2.75) is 65.3 Å². The minimum atomic E-state index is 0.491. The standard InChI is InChI=1S/C19H27N3O/c1-3-4-5-6-7-14-22-19(18(15-23)20-21-22)13-12-17-10-8-16(2)9-11-17/h8-11,15H,3-7,12-14H2,1-2H3. The van der Waals surface area contributed by atoms with E-state index in [1.807, 2.05) is 4.68 Å². The van der Waals surface area contributed by atoms with E-state index in [1.54, 1.807) is 0 Å². The number of unbranched alkanes of at least 4 members (excludes halogenated alkanes) is 4. The highest BCUT2D eigenvalue weighted by Crippen LogP contribution is 2.12. The van der Waals surface area contributed by atoms with E-state index in [2.05, 4.69) is 48.4 Å². The molecule has 1 aromatic carbocycles. The van der Waals surface area contributed by atoms with Crippen LogP contribution in [0.2, 0.25) is 0 Å². The van der Waals surface area contributed by atoms with Crippen molar-refractivity contribution in [1.29, 1.82) is 0 Å². The van der Waals surface area contributed by atoms with Gasteiger partial charge in [-0.2, -0.15) is 0 Å². The summed E-state index contributed by atoms with van der Waals surface area (Å²) < 4.78 is 1.92. The lowest BCUT2D eigenvalue weighted by Gasteiger charge is -2.07. The topological polar surface area (TPSA) is 47.8 Å². The highest BCUT2D eigenvalue weighted by atomic mass is 16.1. The Hall–Kier alpha value is -1.97. The molecule has 2 aromatic rings. The van der Waals surface area contributed by atoms with Crippen LogP contribution in [0.1, 0.15) is 66.3 Å². The van der Waals surface area contributed by atoms with Crippen molar-refractivity contribution < 1.29 is 4.79 Å². The molecule has 2 rings (SSSR count). The Balaban J connectivity index is 1.94. The monoisotopic (exact) mass is 313 g/mol. The van der Waals surface area contributed by atoms with Crippen molar-refractivity contribution in [3.05, 3.63) is 46.8 Å². The number of rotatable bonds is 10. The molecule has 1 aromatic heterocycles. The second-order valence-corrected chi connectivity index (χ2v) is 6.16. The van der Waals surface area contributed by atoms with Gasteiger partial charge in [-0.05, 0) is 31.7 Å². The molecule has 0 fully saturated rings. The van der Waals surface area contributed by atoms with Crippen LogP contribution in [0.4, 0.5) is 0 Å². The third-order valence-electron chi connectivity index (χ3n) is 4.22. The molecule has 1 heterocycles. The van der Waals surface area contributed by atoms with Gasteiger partial charge < -0.3 is 0 Å². The number of carbonyl (C=O) groups is 1. The van der Waals surface area contributed by atoms with Gasteiger partial charge in [-0.15, -0.1) is 5.10 Å². The predicted molar refractivity (Wildman–Crippen MR) is 92.8 cm³/mol. The first kappa shape index (κ1) is 17.4. The van der Waals surface area contributed by atoms with Gasteiger partial charge in [0.15, 0.2) is 6.29 Å². The van der Waals surface area contributed by atoms with E-state index in [0.29, 0.717) is 5.69 Å². The summed E-state index contributed by atoms with van der Waals surface area (Å²) in [6.45, 7) is 5.16. The zero-order chi connectivity index (χ0) is 16.5. The van der Waals surface area contributed by atoms with Crippen molar-refractivity contribution in [1.82, 2.24) is 15.0 Å². The Kier molecular flexibility index (Phi) is 6.98. The Morgan fingerprint density at radius 1 is 1.04 bits per heavy atom. The van der Waals surface area contributed by atoms with Crippen LogP contribution < -0.4 is 0 Å². The Morgan fingerprint density at radius 2 is 1.78 bits per heavy atom. The molecule has 0 aliphatic heterocycles. The summed E-state index contributed by atoms with van der Waals surface area (Å²) in [5.74, 6) is 0. The molecular formula is C19H27N3O.